The lowest BCUT2D eigenvalue weighted by atomic mass is 9.87. The fraction of sp³-hybridized carbons (Fsp3) is 0.529. The number of hydrogen-bond acceptors (Lipinski definition) is 6. The zero-order valence-electron chi connectivity index (χ0n) is 13.2. The normalized spacial score (nSPS) is 25.8. The summed E-state index contributed by atoms with van der Waals surface area (Å²) in [6.07, 6.45) is 6.46. The smallest absolute Gasteiger partial charge is 0.225 e. The Kier molecular flexibility index (Phi) is 4.01. The quantitative estimate of drug-likeness (QED) is 0.861. The molecule has 1 atom stereocenters. The van der Waals surface area contributed by atoms with Gasteiger partial charge in [0.2, 0.25) is 5.95 Å². The number of furan rings is 1. The van der Waals surface area contributed by atoms with Crippen LogP contribution in [0.3, 0.4) is 0 Å². The van der Waals surface area contributed by atoms with Gasteiger partial charge < -0.3 is 14.1 Å². The molecule has 0 aromatic carbocycles. The molecule has 0 radical (unpaired) electrons. The first-order valence-corrected chi connectivity index (χ1v) is 8.18. The molecule has 23 heavy (non-hydrogen) atoms. The van der Waals surface area contributed by atoms with E-state index >= 15 is 0 Å². The summed E-state index contributed by atoms with van der Waals surface area (Å²) in [7, 11) is 0. The molecule has 2 aromatic heterocycles. The number of nitrogens with zero attached hydrogens (tertiary/aromatic N) is 4. The molecule has 4 rings (SSSR count). The third-order valence-electron chi connectivity index (χ3n) is 4.75. The molecule has 0 amide bonds. The van der Waals surface area contributed by atoms with Crippen molar-refractivity contribution in [1.82, 2.24) is 14.9 Å². The van der Waals surface area contributed by atoms with Gasteiger partial charge in [-0.25, -0.2) is 9.97 Å². The number of rotatable bonds is 3. The Labute approximate surface area is 136 Å². The lowest BCUT2D eigenvalue weighted by Crippen LogP contribution is -2.40. The Hall–Kier alpha value is -1.92. The predicted octanol–water partition coefficient (Wildman–Crippen LogP) is 1.80. The average molecular weight is 314 g/mol. The lowest BCUT2D eigenvalue weighted by Gasteiger charge is -2.31. The van der Waals surface area contributed by atoms with E-state index in [2.05, 4.69) is 19.8 Å². The van der Waals surface area contributed by atoms with Gasteiger partial charge in [0.15, 0.2) is 0 Å². The summed E-state index contributed by atoms with van der Waals surface area (Å²) in [4.78, 5) is 13.5. The van der Waals surface area contributed by atoms with E-state index in [0.29, 0.717) is 0 Å². The summed E-state index contributed by atoms with van der Waals surface area (Å²) in [6, 6.07) is 5.84. The van der Waals surface area contributed by atoms with Crippen LogP contribution in [-0.2, 0) is 11.3 Å². The van der Waals surface area contributed by atoms with E-state index < -0.39 is 0 Å². The molecule has 0 aliphatic carbocycles. The summed E-state index contributed by atoms with van der Waals surface area (Å²) in [5.41, 5.74) is 0.155. The van der Waals surface area contributed by atoms with Crippen LogP contribution in [0.25, 0.3) is 0 Å². The standard InChI is InChI=1S/C17H22N4O2/c1-3-15(23-9-1)11-20-8-10-22-14-17(12-20)4-7-21(13-17)16-18-5-2-6-19-16/h1-3,5-6,9H,4,7-8,10-14H2/t17-/m1/s1. The molecule has 6 nitrogen and oxygen atoms in total. The topological polar surface area (TPSA) is 54.6 Å². The Morgan fingerprint density at radius 1 is 1.13 bits per heavy atom. The number of aromatic nitrogens is 2. The van der Waals surface area contributed by atoms with E-state index in [0.717, 1.165) is 64.1 Å². The molecular formula is C17H22N4O2. The van der Waals surface area contributed by atoms with Gasteiger partial charge in [-0.15, -0.1) is 0 Å². The molecular weight excluding hydrogens is 292 g/mol. The van der Waals surface area contributed by atoms with Crippen LogP contribution in [0.15, 0.2) is 41.3 Å². The molecule has 2 fully saturated rings. The summed E-state index contributed by atoms with van der Waals surface area (Å²) in [6.45, 7) is 6.35. The number of ether oxygens (including phenoxy) is 1. The summed E-state index contributed by atoms with van der Waals surface area (Å²) in [5.74, 6) is 1.84. The molecule has 6 heteroatoms. The maximum Gasteiger partial charge on any atom is 0.225 e. The average Bonchev–Trinajstić information content (AvgIpc) is 3.18. The predicted molar refractivity (Wildman–Crippen MR) is 86.1 cm³/mol. The van der Waals surface area contributed by atoms with Gasteiger partial charge in [0.05, 0.1) is 26.0 Å². The Balaban J connectivity index is 1.46. The van der Waals surface area contributed by atoms with Crippen LogP contribution < -0.4 is 4.90 Å². The van der Waals surface area contributed by atoms with Gasteiger partial charge in [-0.05, 0) is 24.6 Å². The molecule has 0 bridgehead atoms. The first-order chi connectivity index (χ1) is 11.3. The van der Waals surface area contributed by atoms with Crippen molar-refractivity contribution in [2.75, 3.05) is 44.3 Å². The first kappa shape index (κ1) is 14.7. The second kappa shape index (κ2) is 6.29. The van der Waals surface area contributed by atoms with Gasteiger partial charge >= 0.3 is 0 Å². The SMILES string of the molecule is c1cnc(N2CC[C@]3(COCCN(Cc4ccco4)C3)C2)nc1. The minimum Gasteiger partial charge on any atom is -0.468 e. The van der Waals surface area contributed by atoms with Gasteiger partial charge in [-0.2, -0.15) is 0 Å². The van der Waals surface area contributed by atoms with Gasteiger partial charge in [0.25, 0.3) is 0 Å². The van der Waals surface area contributed by atoms with E-state index in [1.807, 2.05) is 18.2 Å². The van der Waals surface area contributed by atoms with Gasteiger partial charge in [0.1, 0.15) is 5.76 Å². The summed E-state index contributed by atoms with van der Waals surface area (Å²) < 4.78 is 11.4. The highest BCUT2D eigenvalue weighted by Crippen LogP contribution is 2.35. The fourth-order valence-electron chi connectivity index (χ4n) is 3.65. The molecule has 2 aromatic rings. The highest BCUT2D eigenvalue weighted by Gasteiger charge is 2.42. The van der Waals surface area contributed by atoms with Gasteiger partial charge in [-0.3, -0.25) is 4.90 Å². The highest BCUT2D eigenvalue weighted by atomic mass is 16.5. The second-order valence-electron chi connectivity index (χ2n) is 6.56. The van der Waals surface area contributed by atoms with Crippen molar-refractivity contribution in [3.63, 3.8) is 0 Å². The zero-order valence-corrected chi connectivity index (χ0v) is 13.2. The van der Waals surface area contributed by atoms with E-state index in [1.165, 1.54) is 0 Å². The first-order valence-electron chi connectivity index (χ1n) is 8.18. The number of anilines is 1. The third kappa shape index (κ3) is 3.23. The van der Waals surface area contributed by atoms with Crippen LogP contribution in [0.4, 0.5) is 5.95 Å². The van der Waals surface area contributed by atoms with E-state index in [-0.39, 0.29) is 5.41 Å². The summed E-state index contributed by atoms with van der Waals surface area (Å²) >= 11 is 0. The van der Waals surface area contributed by atoms with Gasteiger partial charge in [-0.1, -0.05) is 0 Å². The molecule has 2 saturated heterocycles. The minimum atomic E-state index is 0.155. The van der Waals surface area contributed by atoms with Crippen LogP contribution in [0.1, 0.15) is 12.2 Å². The Bertz CT molecular complexity index is 619. The second-order valence-corrected chi connectivity index (χ2v) is 6.56. The molecule has 4 heterocycles. The lowest BCUT2D eigenvalue weighted by molar-refractivity contribution is 0.0796. The van der Waals surface area contributed by atoms with Crippen LogP contribution in [0, 0.1) is 5.41 Å². The van der Waals surface area contributed by atoms with Crippen molar-refractivity contribution in [3.05, 3.63) is 42.6 Å². The van der Waals surface area contributed by atoms with Crippen LogP contribution in [0.5, 0.6) is 0 Å². The van der Waals surface area contributed by atoms with Crippen molar-refractivity contribution in [2.24, 2.45) is 5.41 Å². The Morgan fingerprint density at radius 2 is 2.04 bits per heavy atom. The van der Waals surface area contributed by atoms with Crippen molar-refractivity contribution < 1.29 is 9.15 Å². The van der Waals surface area contributed by atoms with Crippen LogP contribution in [-0.4, -0.2) is 54.3 Å². The molecule has 0 unspecified atom stereocenters. The van der Waals surface area contributed by atoms with Crippen molar-refractivity contribution in [2.45, 2.75) is 13.0 Å². The van der Waals surface area contributed by atoms with E-state index in [9.17, 15) is 0 Å². The monoisotopic (exact) mass is 314 g/mol. The maximum atomic E-state index is 5.93. The van der Waals surface area contributed by atoms with Crippen molar-refractivity contribution >= 4 is 5.95 Å². The van der Waals surface area contributed by atoms with E-state index in [4.69, 9.17) is 9.15 Å². The maximum absolute atomic E-state index is 5.93. The van der Waals surface area contributed by atoms with Crippen molar-refractivity contribution in [3.8, 4) is 0 Å². The van der Waals surface area contributed by atoms with Crippen LogP contribution in [0.2, 0.25) is 0 Å². The third-order valence-corrected chi connectivity index (χ3v) is 4.75. The number of hydrogen-bond donors (Lipinski definition) is 0. The fourth-order valence-corrected chi connectivity index (χ4v) is 3.65. The molecule has 2 aliphatic rings. The Morgan fingerprint density at radius 3 is 2.87 bits per heavy atom. The zero-order chi connectivity index (χ0) is 15.5. The largest absolute Gasteiger partial charge is 0.468 e. The van der Waals surface area contributed by atoms with Crippen LogP contribution >= 0.6 is 0 Å². The summed E-state index contributed by atoms with van der Waals surface area (Å²) in [5, 5.41) is 0. The molecule has 0 saturated carbocycles. The molecule has 0 N–H and O–H groups in total. The van der Waals surface area contributed by atoms with E-state index in [1.54, 1.807) is 18.7 Å². The minimum absolute atomic E-state index is 0.155. The molecule has 1 spiro atoms. The highest BCUT2D eigenvalue weighted by molar-refractivity contribution is 5.32. The molecule has 122 valence electrons. The van der Waals surface area contributed by atoms with Gasteiger partial charge in [0, 0.05) is 44.0 Å². The van der Waals surface area contributed by atoms with Crippen molar-refractivity contribution in [1.29, 1.82) is 0 Å². The molecule has 2 aliphatic heterocycles.